The molecule has 3 rings (SSSR count). The molecule has 0 aliphatic carbocycles. The summed E-state index contributed by atoms with van der Waals surface area (Å²) in [6, 6.07) is 8.41. The summed E-state index contributed by atoms with van der Waals surface area (Å²) < 4.78 is 11.6. The van der Waals surface area contributed by atoms with Crippen LogP contribution >= 0.6 is 50.5 Å². The van der Waals surface area contributed by atoms with Gasteiger partial charge in [-0.2, -0.15) is 0 Å². The van der Waals surface area contributed by atoms with Crippen molar-refractivity contribution >= 4 is 62.4 Å². The second-order valence-electron chi connectivity index (χ2n) is 4.43. The average molecular weight is 449 g/mol. The second-order valence-corrected chi connectivity index (χ2v) is 7.73. The van der Waals surface area contributed by atoms with Crippen LogP contribution in [0.5, 0.6) is 5.75 Å². The summed E-state index contributed by atoms with van der Waals surface area (Å²) in [5, 5.41) is 10.9. The molecule has 0 atom stereocenters. The fourth-order valence-corrected chi connectivity index (χ4v) is 3.46. The van der Waals surface area contributed by atoms with Gasteiger partial charge in [0, 0.05) is 5.02 Å². The number of halogens is 3. The third kappa shape index (κ3) is 4.27. The number of rotatable bonds is 5. The highest BCUT2D eigenvalue weighted by molar-refractivity contribution is 9.11. The molecular weight excluding hydrogens is 441 g/mol. The molecule has 1 N–H and O–H groups in total. The number of hydrogen-bond donors (Lipinski definition) is 1. The predicted molar refractivity (Wildman–Crippen MR) is 95.9 cm³/mol. The zero-order chi connectivity index (χ0) is 17.1. The molecule has 124 valence electrons. The van der Waals surface area contributed by atoms with Crippen LogP contribution in [0.25, 0.3) is 10.8 Å². The number of amides is 1. The van der Waals surface area contributed by atoms with E-state index in [-0.39, 0.29) is 12.6 Å². The molecule has 0 aliphatic rings. The standard InChI is InChI=1S/C14H8BrCl2N3O3S/c15-11-4-3-10(24-11)13-19-20-14(23-13)18-12(21)6-22-9-2-1-7(16)5-8(9)17/h1-5H,6H2,(H,18,20,21). The van der Waals surface area contributed by atoms with Gasteiger partial charge in [0.1, 0.15) is 5.75 Å². The Morgan fingerprint density at radius 3 is 2.83 bits per heavy atom. The molecule has 0 radical (unpaired) electrons. The molecule has 0 unspecified atom stereocenters. The zero-order valence-electron chi connectivity index (χ0n) is 11.8. The first-order chi connectivity index (χ1) is 11.5. The predicted octanol–water partition coefficient (Wildman–Crippen LogP) is 4.88. The Hall–Kier alpha value is -1.61. The van der Waals surface area contributed by atoms with Gasteiger partial charge in [-0.25, -0.2) is 0 Å². The summed E-state index contributed by atoms with van der Waals surface area (Å²) in [5.41, 5.74) is 0. The number of carbonyl (C=O) groups excluding carboxylic acids is 1. The molecule has 1 amide bonds. The minimum Gasteiger partial charge on any atom is -0.482 e. The van der Waals surface area contributed by atoms with E-state index in [4.69, 9.17) is 32.4 Å². The summed E-state index contributed by atoms with van der Waals surface area (Å²) in [7, 11) is 0. The lowest BCUT2D eigenvalue weighted by atomic mass is 10.3. The van der Waals surface area contributed by atoms with Crippen molar-refractivity contribution in [3.05, 3.63) is 44.2 Å². The molecule has 0 saturated heterocycles. The van der Waals surface area contributed by atoms with Gasteiger partial charge in [0.25, 0.3) is 11.8 Å². The topological polar surface area (TPSA) is 77.2 Å². The average Bonchev–Trinajstić information content (AvgIpc) is 3.15. The SMILES string of the molecule is O=C(COc1ccc(Cl)cc1Cl)Nc1nnc(-c2ccc(Br)s2)o1. The number of aromatic nitrogens is 2. The van der Waals surface area contributed by atoms with Crippen LogP contribution in [0.4, 0.5) is 6.01 Å². The highest BCUT2D eigenvalue weighted by Crippen LogP contribution is 2.31. The third-order valence-electron chi connectivity index (χ3n) is 2.71. The van der Waals surface area contributed by atoms with E-state index in [1.54, 1.807) is 12.1 Å². The van der Waals surface area contributed by atoms with Crippen molar-refractivity contribution in [2.45, 2.75) is 0 Å². The number of ether oxygens (including phenoxy) is 1. The van der Waals surface area contributed by atoms with Gasteiger partial charge in [0.15, 0.2) is 6.61 Å². The Bertz CT molecular complexity index is 884. The summed E-state index contributed by atoms with van der Waals surface area (Å²) in [6.07, 6.45) is 0. The number of carbonyl (C=O) groups is 1. The maximum atomic E-state index is 11.9. The molecule has 2 aromatic heterocycles. The molecule has 1 aromatic carbocycles. The zero-order valence-corrected chi connectivity index (χ0v) is 15.7. The molecule has 2 heterocycles. The Kier molecular flexibility index (Phi) is 5.40. The van der Waals surface area contributed by atoms with Crippen molar-refractivity contribution in [2.75, 3.05) is 11.9 Å². The van der Waals surface area contributed by atoms with Crippen molar-refractivity contribution < 1.29 is 13.9 Å². The third-order valence-corrected chi connectivity index (χ3v) is 4.85. The first kappa shape index (κ1) is 17.2. The molecule has 0 aliphatic heterocycles. The van der Waals surface area contributed by atoms with Gasteiger partial charge in [0.2, 0.25) is 0 Å². The van der Waals surface area contributed by atoms with Gasteiger partial charge in [-0.1, -0.05) is 28.3 Å². The molecule has 0 saturated carbocycles. The highest BCUT2D eigenvalue weighted by atomic mass is 79.9. The fraction of sp³-hybridized carbons (Fsp3) is 0.0714. The van der Waals surface area contributed by atoms with Crippen molar-refractivity contribution in [2.24, 2.45) is 0 Å². The number of anilines is 1. The van der Waals surface area contributed by atoms with E-state index in [0.717, 1.165) is 8.66 Å². The summed E-state index contributed by atoms with van der Waals surface area (Å²) in [5.74, 6) is 0.220. The van der Waals surface area contributed by atoms with Gasteiger partial charge in [-0.15, -0.1) is 16.4 Å². The number of benzene rings is 1. The summed E-state index contributed by atoms with van der Waals surface area (Å²) in [4.78, 5) is 12.7. The highest BCUT2D eigenvalue weighted by Gasteiger charge is 2.13. The van der Waals surface area contributed by atoms with E-state index in [0.29, 0.717) is 21.7 Å². The largest absolute Gasteiger partial charge is 0.482 e. The molecule has 0 bridgehead atoms. The Labute approximate surface area is 158 Å². The van der Waals surface area contributed by atoms with E-state index in [1.807, 2.05) is 12.1 Å². The first-order valence-electron chi connectivity index (χ1n) is 6.48. The lowest BCUT2D eigenvalue weighted by Gasteiger charge is -2.07. The van der Waals surface area contributed by atoms with E-state index >= 15 is 0 Å². The summed E-state index contributed by atoms with van der Waals surface area (Å²) in [6.45, 7) is -0.260. The smallest absolute Gasteiger partial charge is 0.322 e. The number of nitrogens with zero attached hydrogens (tertiary/aromatic N) is 2. The van der Waals surface area contributed by atoms with E-state index in [1.165, 1.54) is 17.4 Å². The molecule has 3 aromatic rings. The van der Waals surface area contributed by atoms with E-state index < -0.39 is 5.91 Å². The molecule has 0 spiro atoms. The molecule has 10 heteroatoms. The maximum absolute atomic E-state index is 11.9. The van der Waals surface area contributed by atoms with Crippen molar-refractivity contribution in [3.63, 3.8) is 0 Å². The first-order valence-corrected chi connectivity index (χ1v) is 8.85. The monoisotopic (exact) mass is 447 g/mol. The maximum Gasteiger partial charge on any atom is 0.322 e. The normalized spacial score (nSPS) is 10.6. The van der Waals surface area contributed by atoms with Crippen LogP contribution < -0.4 is 10.1 Å². The minimum atomic E-state index is -0.455. The van der Waals surface area contributed by atoms with Gasteiger partial charge in [-0.3, -0.25) is 10.1 Å². The van der Waals surface area contributed by atoms with Crippen molar-refractivity contribution in [3.8, 4) is 16.5 Å². The molecule has 0 fully saturated rings. The molecule has 24 heavy (non-hydrogen) atoms. The van der Waals surface area contributed by atoms with Gasteiger partial charge >= 0.3 is 6.01 Å². The summed E-state index contributed by atoms with van der Waals surface area (Å²) >= 11 is 16.5. The van der Waals surface area contributed by atoms with Crippen LogP contribution in [0, 0.1) is 0 Å². The van der Waals surface area contributed by atoms with Crippen LogP contribution in [0.3, 0.4) is 0 Å². The second kappa shape index (κ2) is 7.52. The van der Waals surface area contributed by atoms with Crippen LogP contribution in [-0.4, -0.2) is 22.7 Å². The van der Waals surface area contributed by atoms with Gasteiger partial charge in [0.05, 0.1) is 13.7 Å². The lowest BCUT2D eigenvalue weighted by Crippen LogP contribution is -2.20. The van der Waals surface area contributed by atoms with Gasteiger partial charge < -0.3 is 9.15 Å². The Morgan fingerprint density at radius 2 is 2.12 bits per heavy atom. The Balaban J connectivity index is 1.58. The number of thiophene rings is 1. The molecule has 6 nitrogen and oxygen atoms in total. The van der Waals surface area contributed by atoms with Gasteiger partial charge in [-0.05, 0) is 46.3 Å². The van der Waals surface area contributed by atoms with Crippen LogP contribution in [-0.2, 0) is 4.79 Å². The minimum absolute atomic E-state index is 0.00896. The lowest BCUT2D eigenvalue weighted by molar-refractivity contribution is -0.118. The van der Waals surface area contributed by atoms with Crippen molar-refractivity contribution in [1.29, 1.82) is 0 Å². The number of hydrogen-bond acceptors (Lipinski definition) is 6. The quantitative estimate of drug-likeness (QED) is 0.601. The van der Waals surface area contributed by atoms with Crippen LogP contribution in [0.2, 0.25) is 10.0 Å². The Morgan fingerprint density at radius 1 is 1.29 bits per heavy atom. The fourth-order valence-electron chi connectivity index (χ4n) is 1.69. The van der Waals surface area contributed by atoms with Crippen molar-refractivity contribution in [1.82, 2.24) is 10.2 Å². The molecular formula is C14H8BrCl2N3O3S. The number of nitrogens with one attached hydrogen (secondary N) is 1. The van der Waals surface area contributed by atoms with Crippen LogP contribution in [0.15, 0.2) is 38.5 Å². The van der Waals surface area contributed by atoms with Crippen LogP contribution in [0.1, 0.15) is 0 Å². The van der Waals surface area contributed by atoms with E-state index in [9.17, 15) is 4.79 Å². The van der Waals surface area contributed by atoms with E-state index in [2.05, 4.69) is 31.4 Å².